The Balaban J connectivity index is 2.06. The van der Waals surface area contributed by atoms with Crippen molar-refractivity contribution in [1.82, 2.24) is 0 Å². The molecule has 2 aromatic carbocycles. The van der Waals surface area contributed by atoms with Crippen LogP contribution < -0.4 is 5.32 Å². The molecule has 0 spiro atoms. The molecule has 2 aliphatic rings. The number of benzene rings is 2. The second-order valence-electron chi connectivity index (χ2n) is 5.37. The molecule has 1 nitrogen and oxygen atoms in total. The van der Waals surface area contributed by atoms with Crippen LogP contribution in [-0.2, 0) is 25.7 Å². The summed E-state index contributed by atoms with van der Waals surface area (Å²) in [6, 6.07) is 11.5. The number of nitrogens with one attached hydrogen (secondary N) is 1. The Bertz CT molecular complexity index is 593. The van der Waals surface area contributed by atoms with Crippen molar-refractivity contribution in [2.45, 2.75) is 25.7 Å². The summed E-state index contributed by atoms with van der Waals surface area (Å²) in [5.74, 6) is 0. The zero-order valence-electron chi connectivity index (χ0n) is 10.7. The number of rotatable bonds is 1. The summed E-state index contributed by atoms with van der Waals surface area (Å²) in [7, 11) is 2.01. The minimum Gasteiger partial charge on any atom is -0.388 e. The first-order valence-electron chi connectivity index (χ1n) is 6.81. The van der Waals surface area contributed by atoms with Gasteiger partial charge in [-0.1, -0.05) is 18.2 Å². The first-order valence-corrected chi connectivity index (χ1v) is 6.81. The zero-order valence-corrected chi connectivity index (χ0v) is 10.7. The molecule has 0 saturated carbocycles. The van der Waals surface area contributed by atoms with Crippen molar-refractivity contribution >= 4 is 5.69 Å². The molecule has 1 heteroatoms. The molecule has 0 aliphatic heterocycles. The Morgan fingerprint density at radius 2 is 1.28 bits per heavy atom. The molecule has 0 heterocycles. The van der Waals surface area contributed by atoms with Crippen LogP contribution in [0, 0.1) is 0 Å². The second kappa shape index (κ2) is 3.61. The number of hydrogen-bond donors (Lipinski definition) is 1. The number of aryl methyl sites for hydroxylation is 4. The highest BCUT2D eigenvalue weighted by atomic mass is 14.8. The van der Waals surface area contributed by atoms with Gasteiger partial charge in [-0.3, -0.25) is 0 Å². The first-order chi connectivity index (χ1) is 8.86. The van der Waals surface area contributed by atoms with Gasteiger partial charge >= 0.3 is 0 Å². The summed E-state index contributed by atoms with van der Waals surface area (Å²) in [4.78, 5) is 0. The van der Waals surface area contributed by atoms with Crippen molar-refractivity contribution in [1.29, 1.82) is 0 Å². The summed E-state index contributed by atoms with van der Waals surface area (Å²) in [5, 5.41) is 3.30. The zero-order chi connectivity index (χ0) is 12.1. The van der Waals surface area contributed by atoms with E-state index in [1.165, 1.54) is 42.5 Å². The van der Waals surface area contributed by atoms with Crippen LogP contribution in [0.4, 0.5) is 5.69 Å². The molecule has 0 bridgehead atoms. The smallest absolute Gasteiger partial charge is 0.0343 e. The van der Waals surface area contributed by atoms with Gasteiger partial charge in [0.05, 0.1) is 0 Å². The van der Waals surface area contributed by atoms with Crippen LogP contribution in [0.25, 0.3) is 11.1 Å². The summed E-state index contributed by atoms with van der Waals surface area (Å²) in [6.45, 7) is 0. The lowest BCUT2D eigenvalue weighted by Crippen LogP contribution is -2.14. The SMILES string of the molecule is CNc1cc2c3c(c1)CCc1cccc(c1-3)CC2. The maximum absolute atomic E-state index is 3.30. The van der Waals surface area contributed by atoms with E-state index in [0.717, 1.165) is 0 Å². The third-order valence-corrected chi connectivity index (χ3v) is 4.40. The number of hydrogen-bond acceptors (Lipinski definition) is 1. The Kier molecular flexibility index (Phi) is 2.05. The van der Waals surface area contributed by atoms with Crippen molar-refractivity contribution < 1.29 is 0 Å². The highest BCUT2D eigenvalue weighted by molar-refractivity contribution is 5.82. The van der Waals surface area contributed by atoms with Crippen molar-refractivity contribution in [3.8, 4) is 11.1 Å². The van der Waals surface area contributed by atoms with Gasteiger partial charge in [0.25, 0.3) is 0 Å². The Hall–Kier alpha value is -1.76. The molecule has 0 amide bonds. The Labute approximate surface area is 108 Å². The quantitative estimate of drug-likeness (QED) is 0.796. The summed E-state index contributed by atoms with van der Waals surface area (Å²) in [6.07, 6.45) is 4.77. The maximum Gasteiger partial charge on any atom is 0.0343 e. The third kappa shape index (κ3) is 1.28. The van der Waals surface area contributed by atoms with Crippen molar-refractivity contribution in [2.24, 2.45) is 0 Å². The fraction of sp³-hybridized carbons (Fsp3) is 0.294. The minimum absolute atomic E-state index is 1.19. The van der Waals surface area contributed by atoms with Crippen LogP contribution in [0.1, 0.15) is 22.3 Å². The molecule has 1 N–H and O–H groups in total. The lowest BCUT2D eigenvalue weighted by atomic mass is 9.75. The largest absolute Gasteiger partial charge is 0.388 e. The molecule has 2 aliphatic carbocycles. The predicted octanol–water partition coefficient (Wildman–Crippen LogP) is 3.59. The molecule has 0 saturated heterocycles. The van der Waals surface area contributed by atoms with E-state index < -0.39 is 0 Å². The van der Waals surface area contributed by atoms with E-state index in [9.17, 15) is 0 Å². The van der Waals surface area contributed by atoms with Crippen LogP contribution in [0.5, 0.6) is 0 Å². The molecular weight excluding hydrogens is 218 g/mol. The molecule has 0 atom stereocenters. The molecule has 2 aromatic rings. The average Bonchev–Trinajstić information content (AvgIpc) is 2.44. The van der Waals surface area contributed by atoms with Gasteiger partial charge in [-0.25, -0.2) is 0 Å². The molecule has 0 fully saturated rings. The van der Waals surface area contributed by atoms with E-state index in [1.54, 1.807) is 22.3 Å². The standard InChI is InChI=1S/C17H17N/c1-18-15-9-13-7-5-11-3-2-4-12-6-8-14(10-15)17(13)16(11)12/h2-4,9-10,18H,5-8H2,1H3. The van der Waals surface area contributed by atoms with Gasteiger partial charge in [-0.15, -0.1) is 0 Å². The average molecular weight is 235 g/mol. The van der Waals surface area contributed by atoms with Crippen LogP contribution in [0.2, 0.25) is 0 Å². The predicted molar refractivity (Wildman–Crippen MR) is 76.2 cm³/mol. The maximum atomic E-state index is 3.30. The fourth-order valence-corrected chi connectivity index (χ4v) is 3.56. The molecule has 90 valence electrons. The van der Waals surface area contributed by atoms with Gasteiger partial charge < -0.3 is 5.32 Å². The van der Waals surface area contributed by atoms with Crippen molar-refractivity contribution in [3.63, 3.8) is 0 Å². The molecule has 4 rings (SSSR count). The monoisotopic (exact) mass is 235 g/mol. The van der Waals surface area contributed by atoms with Crippen LogP contribution >= 0.6 is 0 Å². The Morgan fingerprint density at radius 3 is 1.83 bits per heavy atom. The summed E-state index contributed by atoms with van der Waals surface area (Å²) < 4.78 is 0. The van der Waals surface area contributed by atoms with E-state index in [2.05, 4.69) is 35.6 Å². The van der Waals surface area contributed by atoms with Gasteiger partial charge in [-0.05, 0) is 71.2 Å². The lowest BCUT2D eigenvalue weighted by Gasteiger charge is -2.29. The molecule has 0 aromatic heterocycles. The Morgan fingerprint density at radius 1 is 0.778 bits per heavy atom. The molecule has 0 radical (unpaired) electrons. The van der Waals surface area contributed by atoms with Crippen LogP contribution in [0.15, 0.2) is 30.3 Å². The second-order valence-corrected chi connectivity index (χ2v) is 5.37. The van der Waals surface area contributed by atoms with Crippen molar-refractivity contribution in [3.05, 3.63) is 52.6 Å². The highest BCUT2D eigenvalue weighted by Gasteiger charge is 2.25. The third-order valence-electron chi connectivity index (χ3n) is 4.40. The van der Waals surface area contributed by atoms with Gasteiger partial charge in [0.15, 0.2) is 0 Å². The summed E-state index contributed by atoms with van der Waals surface area (Å²) in [5.41, 5.74) is 10.6. The van der Waals surface area contributed by atoms with Gasteiger partial charge in [0, 0.05) is 12.7 Å². The topological polar surface area (TPSA) is 12.0 Å². The van der Waals surface area contributed by atoms with Crippen molar-refractivity contribution in [2.75, 3.05) is 12.4 Å². The minimum atomic E-state index is 1.19. The van der Waals surface area contributed by atoms with Gasteiger partial charge in [-0.2, -0.15) is 0 Å². The van der Waals surface area contributed by atoms with E-state index in [1.807, 2.05) is 7.05 Å². The van der Waals surface area contributed by atoms with E-state index in [0.29, 0.717) is 0 Å². The normalized spacial score (nSPS) is 15.2. The molecule has 18 heavy (non-hydrogen) atoms. The van der Waals surface area contributed by atoms with Gasteiger partial charge in [0.1, 0.15) is 0 Å². The molecule has 0 unspecified atom stereocenters. The van der Waals surface area contributed by atoms with Crippen LogP contribution in [-0.4, -0.2) is 7.05 Å². The highest BCUT2D eigenvalue weighted by Crippen LogP contribution is 2.43. The van der Waals surface area contributed by atoms with E-state index >= 15 is 0 Å². The molecular formula is C17H17N. The summed E-state index contributed by atoms with van der Waals surface area (Å²) >= 11 is 0. The fourth-order valence-electron chi connectivity index (χ4n) is 3.56. The van der Waals surface area contributed by atoms with Crippen LogP contribution in [0.3, 0.4) is 0 Å². The van der Waals surface area contributed by atoms with Gasteiger partial charge in [0.2, 0.25) is 0 Å². The van der Waals surface area contributed by atoms with E-state index in [-0.39, 0.29) is 0 Å². The lowest BCUT2D eigenvalue weighted by molar-refractivity contribution is 0.877. The first kappa shape index (κ1) is 10.2. The number of anilines is 1. The van der Waals surface area contributed by atoms with E-state index in [4.69, 9.17) is 0 Å².